The van der Waals surface area contributed by atoms with E-state index in [4.69, 9.17) is 11.6 Å². The molecule has 2 rings (SSSR count). The molecule has 84 valence electrons. The van der Waals surface area contributed by atoms with E-state index in [1.807, 2.05) is 13.2 Å². The van der Waals surface area contributed by atoms with E-state index in [2.05, 4.69) is 10.4 Å². The second-order valence-corrected chi connectivity index (χ2v) is 3.86. The minimum absolute atomic E-state index is 0.302. The quantitative estimate of drug-likeness (QED) is 0.893. The van der Waals surface area contributed by atoms with Crippen molar-refractivity contribution in [3.8, 4) is 0 Å². The Morgan fingerprint density at radius 2 is 2.31 bits per heavy atom. The average Bonchev–Trinajstić information content (AvgIpc) is 2.63. The maximum absolute atomic E-state index is 13.4. The first-order valence-electron chi connectivity index (χ1n) is 4.82. The second-order valence-electron chi connectivity index (χ2n) is 3.46. The summed E-state index contributed by atoms with van der Waals surface area (Å²) in [6, 6.07) is 4.66. The highest BCUT2D eigenvalue weighted by Gasteiger charge is 2.06. The van der Waals surface area contributed by atoms with Crippen LogP contribution in [0.1, 0.15) is 5.56 Å². The van der Waals surface area contributed by atoms with Crippen molar-refractivity contribution >= 4 is 17.3 Å². The number of hydrogen-bond acceptors (Lipinski definition) is 2. The van der Waals surface area contributed by atoms with Gasteiger partial charge in [0, 0.05) is 30.4 Å². The third-order valence-electron chi connectivity index (χ3n) is 2.24. The molecule has 3 nitrogen and oxygen atoms in total. The lowest BCUT2D eigenvalue weighted by atomic mass is 10.2. The SMILES string of the molecule is Cn1cc(NCc2c(F)cccc2Cl)cn1. The molecule has 0 aliphatic heterocycles. The zero-order valence-corrected chi connectivity index (χ0v) is 9.50. The fraction of sp³-hybridized carbons (Fsp3) is 0.182. The molecule has 2 aromatic rings. The highest BCUT2D eigenvalue weighted by molar-refractivity contribution is 6.31. The van der Waals surface area contributed by atoms with E-state index in [-0.39, 0.29) is 5.82 Å². The van der Waals surface area contributed by atoms with Crippen LogP contribution in [0.15, 0.2) is 30.6 Å². The van der Waals surface area contributed by atoms with Gasteiger partial charge in [0.2, 0.25) is 0 Å². The van der Waals surface area contributed by atoms with Gasteiger partial charge in [-0.2, -0.15) is 5.10 Å². The normalized spacial score (nSPS) is 10.4. The van der Waals surface area contributed by atoms with E-state index in [9.17, 15) is 4.39 Å². The number of hydrogen-bond donors (Lipinski definition) is 1. The standard InChI is InChI=1S/C11H11ClFN3/c1-16-7-8(5-15-16)14-6-9-10(12)3-2-4-11(9)13/h2-5,7,14H,6H2,1H3. The van der Waals surface area contributed by atoms with Crippen LogP contribution in [0.2, 0.25) is 5.02 Å². The van der Waals surface area contributed by atoms with Gasteiger partial charge in [0.15, 0.2) is 0 Å². The summed E-state index contributed by atoms with van der Waals surface area (Å²) in [4.78, 5) is 0. The van der Waals surface area contributed by atoms with Gasteiger partial charge < -0.3 is 5.32 Å². The third-order valence-corrected chi connectivity index (χ3v) is 2.59. The van der Waals surface area contributed by atoms with Crippen LogP contribution >= 0.6 is 11.6 Å². The first kappa shape index (κ1) is 11.0. The number of nitrogens with one attached hydrogen (secondary N) is 1. The number of aromatic nitrogens is 2. The molecule has 0 amide bonds. The van der Waals surface area contributed by atoms with Crippen molar-refractivity contribution in [1.29, 1.82) is 0 Å². The number of nitrogens with zero attached hydrogens (tertiary/aromatic N) is 2. The lowest BCUT2D eigenvalue weighted by Gasteiger charge is -2.06. The molecule has 0 unspecified atom stereocenters. The van der Waals surface area contributed by atoms with Gasteiger partial charge in [-0.15, -0.1) is 0 Å². The zero-order valence-electron chi connectivity index (χ0n) is 8.74. The number of benzene rings is 1. The maximum atomic E-state index is 13.4. The molecular weight excluding hydrogens is 229 g/mol. The molecule has 0 radical (unpaired) electrons. The molecule has 0 aliphatic carbocycles. The molecule has 1 aromatic carbocycles. The Labute approximate surface area is 97.8 Å². The Morgan fingerprint density at radius 3 is 2.94 bits per heavy atom. The van der Waals surface area contributed by atoms with Crippen LogP contribution < -0.4 is 5.32 Å². The van der Waals surface area contributed by atoms with Gasteiger partial charge in [0.05, 0.1) is 11.9 Å². The molecular formula is C11H11ClFN3. The summed E-state index contributed by atoms with van der Waals surface area (Å²) in [5.41, 5.74) is 1.30. The summed E-state index contributed by atoms with van der Waals surface area (Å²) in [5, 5.41) is 7.48. The van der Waals surface area contributed by atoms with Crippen LogP contribution in [0.5, 0.6) is 0 Å². The summed E-state index contributed by atoms with van der Waals surface area (Å²) < 4.78 is 15.1. The van der Waals surface area contributed by atoms with Crippen LogP contribution in [0.4, 0.5) is 10.1 Å². The smallest absolute Gasteiger partial charge is 0.129 e. The molecule has 1 N–H and O–H groups in total. The molecule has 0 spiro atoms. The first-order chi connectivity index (χ1) is 7.66. The monoisotopic (exact) mass is 239 g/mol. The van der Waals surface area contributed by atoms with Crippen molar-refractivity contribution in [2.24, 2.45) is 7.05 Å². The second kappa shape index (κ2) is 4.53. The summed E-state index contributed by atoms with van der Waals surface area (Å²) in [7, 11) is 1.82. The van der Waals surface area contributed by atoms with Gasteiger partial charge in [-0.3, -0.25) is 4.68 Å². The average molecular weight is 240 g/mol. The third kappa shape index (κ3) is 2.33. The lowest BCUT2D eigenvalue weighted by Crippen LogP contribution is -2.01. The van der Waals surface area contributed by atoms with Crippen molar-refractivity contribution in [3.05, 3.63) is 47.0 Å². The van der Waals surface area contributed by atoms with Crippen LogP contribution in [0.25, 0.3) is 0 Å². The first-order valence-corrected chi connectivity index (χ1v) is 5.20. The molecule has 16 heavy (non-hydrogen) atoms. The highest BCUT2D eigenvalue weighted by atomic mass is 35.5. The predicted molar refractivity (Wildman–Crippen MR) is 61.9 cm³/mol. The molecule has 1 aromatic heterocycles. The van der Waals surface area contributed by atoms with Crippen molar-refractivity contribution in [2.45, 2.75) is 6.54 Å². The zero-order chi connectivity index (χ0) is 11.5. The maximum Gasteiger partial charge on any atom is 0.129 e. The number of rotatable bonds is 3. The predicted octanol–water partition coefficient (Wildman–Crippen LogP) is 2.82. The Kier molecular flexibility index (Phi) is 3.10. The minimum atomic E-state index is -0.302. The number of halogens is 2. The summed E-state index contributed by atoms with van der Waals surface area (Å²) in [6.45, 7) is 0.344. The van der Waals surface area contributed by atoms with Crippen molar-refractivity contribution in [1.82, 2.24) is 9.78 Å². The van der Waals surface area contributed by atoms with Gasteiger partial charge in [-0.1, -0.05) is 17.7 Å². The molecule has 0 aliphatic rings. The van der Waals surface area contributed by atoms with E-state index in [1.165, 1.54) is 6.07 Å². The molecule has 0 saturated heterocycles. The van der Waals surface area contributed by atoms with E-state index >= 15 is 0 Å². The van der Waals surface area contributed by atoms with E-state index in [0.717, 1.165) is 5.69 Å². The molecule has 0 saturated carbocycles. The van der Waals surface area contributed by atoms with Gasteiger partial charge >= 0.3 is 0 Å². The van der Waals surface area contributed by atoms with Crippen molar-refractivity contribution in [2.75, 3.05) is 5.32 Å². The number of aryl methyl sites for hydroxylation is 1. The molecule has 0 bridgehead atoms. The summed E-state index contributed by atoms with van der Waals surface area (Å²) in [6.07, 6.45) is 3.49. The Morgan fingerprint density at radius 1 is 1.50 bits per heavy atom. The van der Waals surface area contributed by atoms with Gasteiger partial charge in [0.1, 0.15) is 5.82 Å². The van der Waals surface area contributed by atoms with Gasteiger partial charge in [-0.05, 0) is 12.1 Å². The fourth-order valence-corrected chi connectivity index (χ4v) is 1.63. The van der Waals surface area contributed by atoms with Gasteiger partial charge in [-0.25, -0.2) is 4.39 Å². The number of anilines is 1. The van der Waals surface area contributed by atoms with Gasteiger partial charge in [0.25, 0.3) is 0 Å². The summed E-state index contributed by atoms with van der Waals surface area (Å²) >= 11 is 5.90. The summed E-state index contributed by atoms with van der Waals surface area (Å²) in [5.74, 6) is -0.302. The van der Waals surface area contributed by atoms with Crippen LogP contribution in [-0.4, -0.2) is 9.78 Å². The van der Waals surface area contributed by atoms with E-state index < -0.39 is 0 Å². The largest absolute Gasteiger partial charge is 0.378 e. The molecule has 1 heterocycles. The van der Waals surface area contributed by atoms with Crippen LogP contribution in [-0.2, 0) is 13.6 Å². The Bertz CT molecular complexity index is 475. The van der Waals surface area contributed by atoms with Crippen molar-refractivity contribution in [3.63, 3.8) is 0 Å². The fourth-order valence-electron chi connectivity index (χ4n) is 1.40. The lowest BCUT2D eigenvalue weighted by molar-refractivity contribution is 0.613. The molecule has 0 fully saturated rings. The van der Waals surface area contributed by atoms with E-state index in [0.29, 0.717) is 17.1 Å². The van der Waals surface area contributed by atoms with Crippen LogP contribution in [0.3, 0.4) is 0 Å². The van der Waals surface area contributed by atoms with Crippen molar-refractivity contribution < 1.29 is 4.39 Å². The molecule has 5 heteroatoms. The Hall–Kier alpha value is -1.55. The topological polar surface area (TPSA) is 29.9 Å². The molecule has 0 atom stereocenters. The Balaban J connectivity index is 2.10. The minimum Gasteiger partial charge on any atom is -0.378 e. The van der Waals surface area contributed by atoms with Crippen LogP contribution in [0, 0.1) is 5.82 Å². The van der Waals surface area contributed by atoms with E-state index in [1.54, 1.807) is 23.0 Å². The highest BCUT2D eigenvalue weighted by Crippen LogP contribution is 2.20.